The van der Waals surface area contributed by atoms with Crippen molar-refractivity contribution in [1.82, 2.24) is 9.88 Å². The predicted octanol–water partition coefficient (Wildman–Crippen LogP) is 1.99. The van der Waals surface area contributed by atoms with Crippen molar-refractivity contribution in [2.45, 2.75) is 6.42 Å². The average molecular weight is 320 g/mol. The predicted molar refractivity (Wildman–Crippen MR) is 86.8 cm³/mol. The number of carbonyl (C=O) groups is 1. The number of pyridine rings is 1. The van der Waals surface area contributed by atoms with E-state index in [-0.39, 0.29) is 29.9 Å². The van der Waals surface area contributed by atoms with E-state index < -0.39 is 0 Å². The molecule has 6 heteroatoms. The molecule has 1 amide bonds. The van der Waals surface area contributed by atoms with Crippen LogP contribution in [0.25, 0.3) is 0 Å². The van der Waals surface area contributed by atoms with Crippen molar-refractivity contribution >= 4 is 23.3 Å². The second-order valence-corrected chi connectivity index (χ2v) is 5.25. The topological polar surface area (TPSA) is 79.5 Å². The summed E-state index contributed by atoms with van der Waals surface area (Å²) in [6, 6.07) is 11.4. The summed E-state index contributed by atoms with van der Waals surface area (Å²) in [5, 5.41) is 9.42. The van der Waals surface area contributed by atoms with Crippen molar-refractivity contribution < 1.29 is 9.90 Å². The first-order valence-electron chi connectivity index (χ1n) is 6.97. The number of benzene rings is 1. The van der Waals surface area contributed by atoms with Gasteiger partial charge in [0.15, 0.2) is 0 Å². The van der Waals surface area contributed by atoms with Crippen LogP contribution in [0.1, 0.15) is 15.9 Å². The van der Waals surface area contributed by atoms with Crippen LogP contribution in [0, 0.1) is 0 Å². The molecule has 1 aromatic carbocycles. The number of aliphatic hydroxyl groups is 1. The quantitative estimate of drug-likeness (QED) is 0.853. The first-order chi connectivity index (χ1) is 10.6. The molecule has 0 unspecified atom stereocenters. The van der Waals surface area contributed by atoms with E-state index >= 15 is 0 Å². The monoisotopic (exact) mass is 319 g/mol. The summed E-state index contributed by atoms with van der Waals surface area (Å²) in [7, 11) is 0. The van der Waals surface area contributed by atoms with Crippen LogP contribution in [0.5, 0.6) is 0 Å². The van der Waals surface area contributed by atoms with Crippen LogP contribution < -0.4 is 5.73 Å². The molecular formula is C16H18ClN3O2. The number of anilines is 1. The van der Waals surface area contributed by atoms with E-state index in [1.54, 1.807) is 4.90 Å². The molecule has 0 spiro atoms. The minimum atomic E-state index is -0.223. The van der Waals surface area contributed by atoms with E-state index in [2.05, 4.69) is 4.98 Å². The lowest BCUT2D eigenvalue weighted by Gasteiger charge is -2.22. The Hall–Kier alpha value is -2.11. The average Bonchev–Trinajstić information content (AvgIpc) is 2.54. The fourth-order valence-electron chi connectivity index (χ4n) is 2.09. The van der Waals surface area contributed by atoms with Crippen LogP contribution in [-0.2, 0) is 6.42 Å². The number of carbonyl (C=O) groups excluding carboxylic acids is 1. The second kappa shape index (κ2) is 7.77. The van der Waals surface area contributed by atoms with Crippen molar-refractivity contribution in [3.8, 4) is 0 Å². The normalized spacial score (nSPS) is 10.5. The molecular weight excluding hydrogens is 302 g/mol. The lowest BCUT2D eigenvalue weighted by atomic mass is 10.1. The fourth-order valence-corrected chi connectivity index (χ4v) is 2.26. The maximum atomic E-state index is 12.5. The zero-order chi connectivity index (χ0) is 15.9. The number of aromatic nitrogens is 1. The van der Waals surface area contributed by atoms with Gasteiger partial charge in [0.1, 0.15) is 5.82 Å². The molecule has 0 aliphatic rings. The molecule has 0 atom stereocenters. The van der Waals surface area contributed by atoms with Crippen LogP contribution in [0.15, 0.2) is 42.6 Å². The van der Waals surface area contributed by atoms with Gasteiger partial charge in [0, 0.05) is 19.3 Å². The zero-order valence-electron chi connectivity index (χ0n) is 12.1. The van der Waals surface area contributed by atoms with Crippen LogP contribution in [0.3, 0.4) is 0 Å². The highest BCUT2D eigenvalue weighted by atomic mass is 35.5. The Morgan fingerprint density at radius 3 is 2.64 bits per heavy atom. The van der Waals surface area contributed by atoms with Gasteiger partial charge in [-0.05, 0) is 18.1 Å². The summed E-state index contributed by atoms with van der Waals surface area (Å²) < 4.78 is 0. The summed E-state index contributed by atoms with van der Waals surface area (Å²) in [5.74, 6) is -0.0319. The number of hydrogen-bond donors (Lipinski definition) is 2. The van der Waals surface area contributed by atoms with Gasteiger partial charge in [-0.3, -0.25) is 4.79 Å². The molecule has 0 aliphatic carbocycles. The number of nitrogens with two attached hydrogens (primary N) is 1. The summed E-state index contributed by atoms with van der Waals surface area (Å²) in [5.41, 5.74) is 7.04. The smallest absolute Gasteiger partial charge is 0.255 e. The first-order valence-corrected chi connectivity index (χ1v) is 7.34. The molecule has 116 valence electrons. The molecule has 0 radical (unpaired) electrons. The van der Waals surface area contributed by atoms with Gasteiger partial charge in [-0.15, -0.1) is 0 Å². The summed E-state index contributed by atoms with van der Waals surface area (Å²) in [6.07, 6.45) is 2.11. The van der Waals surface area contributed by atoms with Gasteiger partial charge in [0.25, 0.3) is 5.91 Å². The minimum absolute atomic E-state index is 0.101. The lowest BCUT2D eigenvalue weighted by molar-refractivity contribution is 0.0723. The van der Waals surface area contributed by atoms with E-state index in [1.165, 1.54) is 12.3 Å². The van der Waals surface area contributed by atoms with Gasteiger partial charge in [-0.1, -0.05) is 41.9 Å². The standard InChI is InChI=1S/C16H18ClN3O2/c17-14-10-13(11-19-15(14)18)16(22)20(8-9-21)7-6-12-4-2-1-3-5-12/h1-5,10-11,21H,6-9H2,(H2,18,19). The lowest BCUT2D eigenvalue weighted by Crippen LogP contribution is -2.35. The van der Waals surface area contributed by atoms with E-state index in [9.17, 15) is 9.90 Å². The molecule has 1 aromatic heterocycles. The Labute approximate surface area is 134 Å². The van der Waals surface area contributed by atoms with E-state index in [4.69, 9.17) is 17.3 Å². The van der Waals surface area contributed by atoms with E-state index in [0.717, 1.165) is 5.56 Å². The Kier molecular flexibility index (Phi) is 5.75. The maximum absolute atomic E-state index is 12.5. The Bertz CT molecular complexity index is 635. The molecule has 2 aromatic rings. The molecule has 0 aliphatic heterocycles. The molecule has 5 nitrogen and oxygen atoms in total. The molecule has 0 bridgehead atoms. The third kappa shape index (κ3) is 4.19. The first kappa shape index (κ1) is 16.3. The highest BCUT2D eigenvalue weighted by molar-refractivity contribution is 6.33. The van der Waals surface area contributed by atoms with Gasteiger partial charge in [0.05, 0.1) is 17.2 Å². The Morgan fingerprint density at radius 1 is 1.27 bits per heavy atom. The number of halogens is 1. The second-order valence-electron chi connectivity index (χ2n) is 4.84. The molecule has 0 saturated heterocycles. The molecule has 3 N–H and O–H groups in total. The van der Waals surface area contributed by atoms with Gasteiger partial charge in [-0.2, -0.15) is 0 Å². The molecule has 22 heavy (non-hydrogen) atoms. The summed E-state index contributed by atoms with van der Waals surface area (Å²) in [6.45, 7) is 0.662. The van der Waals surface area contributed by atoms with Gasteiger partial charge < -0.3 is 15.7 Å². The maximum Gasteiger partial charge on any atom is 0.255 e. The van der Waals surface area contributed by atoms with Gasteiger partial charge in [0.2, 0.25) is 0 Å². The largest absolute Gasteiger partial charge is 0.395 e. The van der Waals surface area contributed by atoms with Crippen LogP contribution in [0.2, 0.25) is 5.02 Å². The number of nitrogen functional groups attached to an aromatic ring is 1. The molecule has 1 heterocycles. The van der Waals surface area contributed by atoms with Crippen molar-refractivity contribution in [3.63, 3.8) is 0 Å². The number of amides is 1. The number of rotatable bonds is 6. The number of nitrogens with zero attached hydrogens (tertiary/aromatic N) is 2. The minimum Gasteiger partial charge on any atom is -0.395 e. The van der Waals surface area contributed by atoms with Crippen LogP contribution >= 0.6 is 11.6 Å². The van der Waals surface area contributed by atoms with Crippen LogP contribution in [0.4, 0.5) is 5.82 Å². The number of hydrogen-bond acceptors (Lipinski definition) is 4. The van der Waals surface area contributed by atoms with E-state index in [1.807, 2.05) is 30.3 Å². The zero-order valence-corrected chi connectivity index (χ0v) is 12.8. The Morgan fingerprint density at radius 2 is 2.00 bits per heavy atom. The molecule has 0 fully saturated rings. The number of aliphatic hydroxyl groups excluding tert-OH is 1. The SMILES string of the molecule is Nc1ncc(C(=O)N(CCO)CCc2ccccc2)cc1Cl. The summed E-state index contributed by atoms with van der Waals surface area (Å²) >= 11 is 5.90. The third-order valence-corrected chi connectivity index (χ3v) is 3.59. The van der Waals surface area contributed by atoms with Crippen molar-refractivity contribution in [3.05, 3.63) is 58.7 Å². The van der Waals surface area contributed by atoms with Crippen molar-refractivity contribution in [1.29, 1.82) is 0 Å². The molecule has 2 rings (SSSR count). The highest BCUT2D eigenvalue weighted by Crippen LogP contribution is 2.18. The van der Waals surface area contributed by atoms with E-state index in [0.29, 0.717) is 18.5 Å². The van der Waals surface area contributed by atoms with Gasteiger partial charge in [-0.25, -0.2) is 4.98 Å². The highest BCUT2D eigenvalue weighted by Gasteiger charge is 2.16. The molecule has 0 saturated carbocycles. The summed E-state index contributed by atoms with van der Waals surface area (Å²) in [4.78, 5) is 18.0. The Balaban J connectivity index is 2.09. The van der Waals surface area contributed by atoms with Crippen LogP contribution in [-0.4, -0.2) is 40.6 Å². The van der Waals surface area contributed by atoms with Crippen molar-refractivity contribution in [2.75, 3.05) is 25.4 Å². The fraction of sp³-hybridized carbons (Fsp3) is 0.250. The third-order valence-electron chi connectivity index (χ3n) is 3.29. The van der Waals surface area contributed by atoms with Gasteiger partial charge >= 0.3 is 0 Å². The van der Waals surface area contributed by atoms with Crippen molar-refractivity contribution in [2.24, 2.45) is 0 Å².